The molecule has 0 radical (unpaired) electrons. The lowest BCUT2D eigenvalue weighted by molar-refractivity contribution is -0.136. The van der Waals surface area contributed by atoms with Crippen molar-refractivity contribution in [1.82, 2.24) is 0 Å². The summed E-state index contributed by atoms with van der Waals surface area (Å²) in [6.07, 6.45) is 0.0847. The zero-order valence-corrected chi connectivity index (χ0v) is 10.1. The summed E-state index contributed by atoms with van der Waals surface area (Å²) in [5, 5.41) is 10.9. The maximum atomic E-state index is 10.6. The van der Waals surface area contributed by atoms with E-state index in [1.54, 1.807) is 0 Å². The molecule has 0 aliphatic rings. The number of halogens is 1. The van der Waals surface area contributed by atoms with E-state index in [4.69, 9.17) is 5.11 Å². The predicted octanol–water partition coefficient (Wildman–Crippen LogP) is 3.07. The number of carbonyl (C=O) groups is 1. The molecule has 0 amide bonds. The summed E-state index contributed by atoms with van der Waals surface area (Å²) in [6, 6.07) is 11.9. The molecule has 0 heterocycles. The summed E-state index contributed by atoms with van der Waals surface area (Å²) in [6.45, 7) is 0. The first kappa shape index (κ1) is 10.4. The van der Waals surface area contributed by atoms with Crippen molar-refractivity contribution in [3.8, 4) is 0 Å². The van der Waals surface area contributed by atoms with Crippen molar-refractivity contribution in [2.75, 3.05) is 0 Å². The normalized spacial score (nSPS) is 10.5. The van der Waals surface area contributed by atoms with Gasteiger partial charge < -0.3 is 5.11 Å². The summed E-state index contributed by atoms with van der Waals surface area (Å²) < 4.78 is 1.16. The average molecular weight is 312 g/mol. The highest BCUT2D eigenvalue weighted by atomic mass is 127. The van der Waals surface area contributed by atoms with E-state index in [1.807, 2.05) is 30.3 Å². The molecule has 0 aromatic heterocycles. The van der Waals surface area contributed by atoms with Gasteiger partial charge in [0.25, 0.3) is 0 Å². The van der Waals surface area contributed by atoms with Crippen LogP contribution >= 0.6 is 22.6 Å². The van der Waals surface area contributed by atoms with Crippen molar-refractivity contribution in [2.45, 2.75) is 6.42 Å². The first-order valence-corrected chi connectivity index (χ1v) is 5.63. The van der Waals surface area contributed by atoms with Gasteiger partial charge in [-0.05, 0) is 51.1 Å². The SMILES string of the molecule is O=C(O)Cc1ccc2ccc(I)cc2c1. The molecule has 2 rings (SSSR count). The van der Waals surface area contributed by atoms with Crippen molar-refractivity contribution in [2.24, 2.45) is 0 Å². The van der Waals surface area contributed by atoms with E-state index in [9.17, 15) is 4.79 Å². The minimum absolute atomic E-state index is 0.0847. The molecule has 0 bridgehead atoms. The van der Waals surface area contributed by atoms with E-state index in [0.29, 0.717) is 0 Å². The molecule has 15 heavy (non-hydrogen) atoms. The topological polar surface area (TPSA) is 37.3 Å². The van der Waals surface area contributed by atoms with Crippen molar-refractivity contribution in [3.63, 3.8) is 0 Å². The van der Waals surface area contributed by atoms with Gasteiger partial charge in [-0.15, -0.1) is 0 Å². The minimum atomic E-state index is -0.792. The maximum absolute atomic E-state index is 10.6. The van der Waals surface area contributed by atoms with Gasteiger partial charge in [-0.2, -0.15) is 0 Å². The second kappa shape index (κ2) is 4.18. The van der Waals surface area contributed by atoms with Crippen LogP contribution in [0.1, 0.15) is 5.56 Å². The van der Waals surface area contributed by atoms with Gasteiger partial charge in [-0.3, -0.25) is 4.79 Å². The lowest BCUT2D eigenvalue weighted by Crippen LogP contribution is -1.99. The van der Waals surface area contributed by atoms with E-state index in [-0.39, 0.29) is 6.42 Å². The van der Waals surface area contributed by atoms with Crippen LogP contribution in [0.5, 0.6) is 0 Å². The van der Waals surface area contributed by atoms with Crippen LogP contribution in [0.15, 0.2) is 36.4 Å². The van der Waals surface area contributed by atoms with Crippen LogP contribution in [0.3, 0.4) is 0 Å². The van der Waals surface area contributed by atoms with E-state index in [0.717, 1.165) is 19.9 Å². The Kier molecular flexibility index (Phi) is 2.90. The van der Waals surface area contributed by atoms with Gasteiger partial charge in [0.1, 0.15) is 0 Å². The zero-order valence-electron chi connectivity index (χ0n) is 7.90. The average Bonchev–Trinajstić information content (AvgIpc) is 2.16. The lowest BCUT2D eigenvalue weighted by Gasteiger charge is -2.01. The Morgan fingerprint density at radius 2 is 1.87 bits per heavy atom. The molecule has 0 spiro atoms. The van der Waals surface area contributed by atoms with Gasteiger partial charge in [-0.25, -0.2) is 0 Å². The standard InChI is InChI=1S/C12H9IO2/c13-11-4-3-9-2-1-8(6-12(14)15)5-10(9)7-11/h1-5,7H,6H2,(H,14,15). The number of rotatable bonds is 2. The Balaban J connectivity index is 2.49. The second-order valence-corrected chi connectivity index (χ2v) is 4.64. The predicted molar refractivity (Wildman–Crippen MR) is 68.0 cm³/mol. The smallest absolute Gasteiger partial charge is 0.307 e. The summed E-state index contributed by atoms with van der Waals surface area (Å²) in [4.78, 5) is 10.6. The van der Waals surface area contributed by atoms with Gasteiger partial charge in [0.15, 0.2) is 0 Å². The number of hydrogen-bond acceptors (Lipinski definition) is 1. The molecule has 0 saturated carbocycles. The molecule has 0 aliphatic heterocycles. The van der Waals surface area contributed by atoms with Gasteiger partial charge in [-0.1, -0.05) is 24.3 Å². The van der Waals surface area contributed by atoms with Crippen LogP contribution < -0.4 is 0 Å². The zero-order chi connectivity index (χ0) is 10.8. The van der Waals surface area contributed by atoms with Gasteiger partial charge >= 0.3 is 5.97 Å². The minimum Gasteiger partial charge on any atom is -0.481 e. The third-order valence-corrected chi connectivity index (χ3v) is 2.89. The van der Waals surface area contributed by atoms with E-state index < -0.39 is 5.97 Å². The molecule has 0 atom stereocenters. The Hall–Kier alpha value is -1.10. The second-order valence-electron chi connectivity index (χ2n) is 3.40. The fourth-order valence-corrected chi connectivity index (χ4v) is 2.07. The first-order chi connectivity index (χ1) is 7.15. The first-order valence-electron chi connectivity index (χ1n) is 4.55. The third-order valence-electron chi connectivity index (χ3n) is 2.22. The molecular formula is C12H9IO2. The summed E-state index contributed by atoms with van der Waals surface area (Å²) in [5.74, 6) is -0.792. The van der Waals surface area contributed by atoms with Crippen LogP contribution in [0.2, 0.25) is 0 Å². The van der Waals surface area contributed by atoms with Crippen LogP contribution in [0, 0.1) is 3.57 Å². The molecule has 0 saturated heterocycles. The molecule has 76 valence electrons. The van der Waals surface area contributed by atoms with E-state index >= 15 is 0 Å². The monoisotopic (exact) mass is 312 g/mol. The summed E-state index contributed by atoms with van der Waals surface area (Å²) >= 11 is 2.25. The highest BCUT2D eigenvalue weighted by molar-refractivity contribution is 14.1. The number of hydrogen-bond donors (Lipinski definition) is 1. The van der Waals surface area contributed by atoms with Crippen LogP contribution in [-0.4, -0.2) is 11.1 Å². The molecule has 2 aromatic rings. The number of benzene rings is 2. The van der Waals surface area contributed by atoms with Crippen LogP contribution in [-0.2, 0) is 11.2 Å². The van der Waals surface area contributed by atoms with Crippen molar-refractivity contribution < 1.29 is 9.90 Å². The Morgan fingerprint density at radius 1 is 1.13 bits per heavy atom. The Labute approximate surface area is 101 Å². The van der Waals surface area contributed by atoms with Crippen molar-refractivity contribution >= 4 is 39.3 Å². The Bertz CT molecular complexity index is 520. The number of fused-ring (bicyclic) bond motifs is 1. The summed E-state index contributed by atoms with van der Waals surface area (Å²) in [5.41, 5.74) is 0.844. The fourth-order valence-electron chi connectivity index (χ4n) is 1.55. The van der Waals surface area contributed by atoms with Gasteiger partial charge in [0.2, 0.25) is 0 Å². The molecule has 0 fully saturated rings. The summed E-state index contributed by atoms with van der Waals surface area (Å²) in [7, 11) is 0. The molecule has 1 N–H and O–H groups in total. The van der Waals surface area contributed by atoms with Crippen molar-refractivity contribution in [3.05, 3.63) is 45.5 Å². The van der Waals surface area contributed by atoms with E-state index in [2.05, 4.69) is 28.7 Å². The fraction of sp³-hybridized carbons (Fsp3) is 0.0833. The highest BCUT2D eigenvalue weighted by Crippen LogP contribution is 2.19. The number of aliphatic carboxylic acids is 1. The van der Waals surface area contributed by atoms with Gasteiger partial charge in [0, 0.05) is 3.57 Å². The largest absolute Gasteiger partial charge is 0.481 e. The Morgan fingerprint density at radius 3 is 2.60 bits per heavy atom. The van der Waals surface area contributed by atoms with E-state index in [1.165, 1.54) is 0 Å². The molecule has 0 unspecified atom stereocenters. The number of carboxylic acids is 1. The van der Waals surface area contributed by atoms with Crippen LogP contribution in [0.25, 0.3) is 10.8 Å². The quantitative estimate of drug-likeness (QED) is 0.865. The maximum Gasteiger partial charge on any atom is 0.307 e. The molecule has 2 nitrogen and oxygen atoms in total. The molecule has 0 aliphatic carbocycles. The molecular weight excluding hydrogens is 303 g/mol. The van der Waals surface area contributed by atoms with Crippen molar-refractivity contribution in [1.29, 1.82) is 0 Å². The molecule has 3 heteroatoms. The van der Waals surface area contributed by atoms with Crippen LogP contribution in [0.4, 0.5) is 0 Å². The molecule has 2 aromatic carbocycles. The van der Waals surface area contributed by atoms with Gasteiger partial charge in [0.05, 0.1) is 6.42 Å². The highest BCUT2D eigenvalue weighted by Gasteiger charge is 2.01. The lowest BCUT2D eigenvalue weighted by atomic mass is 10.1. The number of carboxylic acid groups (broad SMARTS) is 1. The third kappa shape index (κ3) is 2.47.